The molecule has 9 rings (SSSR count). The number of aromatic nitrogens is 4. The van der Waals surface area contributed by atoms with Crippen molar-refractivity contribution in [1.82, 2.24) is 19.1 Å². The summed E-state index contributed by atoms with van der Waals surface area (Å²) in [6, 6.07) is 44.7. The van der Waals surface area contributed by atoms with E-state index >= 15 is 0 Å². The van der Waals surface area contributed by atoms with E-state index in [4.69, 9.17) is 9.97 Å². The van der Waals surface area contributed by atoms with E-state index in [1.165, 1.54) is 32.4 Å². The molecule has 3 aromatic heterocycles. The summed E-state index contributed by atoms with van der Waals surface area (Å²) in [5, 5.41) is 7.27. The minimum atomic E-state index is 0.685. The van der Waals surface area contributed by atoms with Gasteiger partial charge in [-0.15, -0.1) is 13.2 Å². The number of fused-ring (bicyclic) bond motifs is 4. The number of nitrogens with zero attached hydrogens (tertiary/aromatic N) is 4. The summed E-state index contributed by atoms with van der Waals surface area (Å²) in [7, 11) is 0. The maximum Gasteiger partial charge on any atom is 0.235 e. The van der Waals surface area contributed by atoms with Crippen molar-refractivity contribution in [3.8, 4) is 22.9 Å². The van der Waals surface area contributed by atoms with Gasteiger partial charge in [-0.2, -0.15) is 0 Å². The highest BCUT2D eigenvalue weighted by molar-refractivity contribution is 6.34. The summed E-state index contributed by atoms with van der Waals surface area (Å²) in [6.45, 7) is 6.00. The summed E-state index contributed by atoms with van der Waals surface area (Å²) < 4.78 is 4.55. The molecule has 0 radical (unpaired) electrons. The molecule has 4 nitrogen and oxygen atoms in total. The van der Waals surface area contributed by atoms with E-state index in [0.29, 0.717) is 5.95 Å². The standard InChI is InChI=1S/C36H22N4.C2H4/c1-3-11-23(12-4-1)34-27-15-7-8-18-29(27)37-36(38-34)40-30-19-9-16-25-26-21-22-39(24-13-5-2-6-14-24)35(26)28-17-10-20-31(40)33(28)32(25)30;1-2/h1-22H;1-2H2. The number of para-hydroxylation sites is 2. The van der Waals surface area contributed by atoms with Gasteiger partial charge < -0.3 is 4.57 Å². The maximum absolute atomic E-state index is 5.24. The SMILES string of the molecule is C=C.c1ccc(-c2nc(-n3c4cccc5c6ccn(-c7ccccc7)c6c6cccc3c6c54)nc3ccccc23)cc1. The Labute approximate surface area is 242 Å². The molecule has 0 unspecified atom stereocenters. The Morgan fingerprint density at radius 2 is 1.12 bits per heavy atom. The molecule has 0 N–H and O–H groups in total. The topological polar surface area (TPSA) is 35.6 Å². The van der Waals surface area contributed by atoms with E-state index < -0.39 is 0 Å². The summed E-state index contributed by atoms with van der Waals surface area (Å²) in [5.74, 6) is 0.685. The number of rotatable bonds is 3. The van der Waals surface area contributed by atoms with Gasteiger partial charge in [0.15, 0.2) is 0 Å². The second-order valence-corrected chi connectivity index (χ2v) is 10.3. The molecule has 0 saturated heterocycles. The zero-order chi connectivity index (χ0) is 28.2. The average Bonchev–Trinajstić information content (AvgIpc) is 3.67. The molecular weight excluding hydrogens is 512 g/mol. The molecule has 0 saturated carbocycles. The van der Waals surface area contributed by atoms with Gasteiger partial charge in [-0.05, 0) is 41.8 Å². The molecular formula is C38H26N4. The van der Waals surface area contributed by atoms with Gasteiger partial charge >= 0.3 is 0 Å². The van der Waals surface area contributed by atoms with Crippen LogP contribution in [0.1, 0.15) is 0 Å². The summed E-state index contributed by atoms with van der Waals surface area (Å²) in [6.07, 6.45) is 2.19. The molecule has 0 spiro atoms. The van der Waals surface area contributed by atoms with Crippen LogP contribution in [0.4, 0.5) is 0 Å². The van der Waals surface area contributed by atoms with Crippen LogP contribution >= 0.6 is 0 Å². The van der Waals surface area contributed by atoms with Crippen LogP contribution in [0.25, 0.3) is 77.3 Å². The van der Waals surface area contributed by atoms with Gasteiger partial charge in [-0.1, -0.05) is 91.0 Å². The van der Waals surface area contributed by atoms with Crippen LogP contribution in [0, 0.1) is 0 Å². The molecule has 4 heteroatoms. The van der Waals surface area contributed by atoms with Gasteiger partial charge in [0, 0.05) is 44.4 Å². The molecule has 198 valence electrons. The van der Waals surface area contributed by atoms with Crippen LogP contribution in [-0.4, -0.2) is 19.1 Å². The lowest BCUT2D eigenvalue weighted by molar-refractivity contribution is 1.01. The molecule has 0 bridgehead atoms. The van der Waals surface area contributed by atoms with Gasteiger partial charge in [-0.3, -0.25) is 4.57 Å². The van der Waals surface area contributed by atoms with E-state index in [2.05, 4.69) is 144 Å². The Balaban J connectivity index is 0.00000131. The fourth-order valence-corrected chi connectivity index (χ4v) is 6.45. The minimum Gasteiger partial charge on any atom is -0.316 e. The third-order valence-electron chi connectivity index (χ3n) is 8.12. The highest BCUT2D eigenvalue weighted by Crippen LogP contribution is 2.44. The van der Waals surface area contributed by atoms with Gasteiger partial charge in [-0.25, -0.2) is 9.97 Å². The first-order valence-corrected chi connectivity index (χ1v) is 14.0. The number of benzene rings is 6. The molecule has 0 aliphatic heterocycles. The van der Waals surface area contributed by atoms with E-state index in [1.807, 2.05) is 12.1 Å². The largest absolute Gasteiger partial charge is 0.316 e. The van der Waals surface area contributed by atoms with Crippen LogP contribution in [-0.2, 0) is 0 Å². The van der Waals surface area contributed by atoms with E-state index in [1.54, 1.807) is 0 Å². The van der Waals surface area contributed by atoms with Crippen molar-refractivity contribution >= 4 is 54.4 Å². The first-order chi connectivity index (χ1) is 20.9. The van der Waals surface area contributed by atoms with Crippen LogP contribution in [0.3, 0.4) is 0 Å². The third-order valence-corrected chi connectivity index (χ3v) is 8.12. The lowest BCUT2D eigenvalue weighted by Gasteiger charge is -2.11. The van der Waals surface area contributed by atoms with Gasteiger partial charge in [0.05, 0.1) is 27.8 Å². The molecule has 6 aromatic carbocycles. The molecule has 0 atom stereocenters. The van der Waals surface area contributed by atoms with Crippen molar-refractivity contribution < 1.29 is 0 Å². The van der Waals surface area contributed by atoms with Crippen molar-refractivity contribution in [2.45, 2.75) is 0 Å². The zero-order valence-corrected chi connectivity index (χ0v) is 22.9. The third kappa shape index (κ3) is 3.36. The summed E-state index contributed by atoms with van der Waals surface area (Å²) in [5.41, 5.74) is 7.56. The quantitative estimate of drug-likeness (QED) is 0.166. The lowest BCUT2D eigenvalue weighted by atomic mass is 9.98. The normalized spacial score (nSPS) is 11.5. The smallest absolute Gasteiger partial charge is 0.235 e. The first kappa shape index (κ1) is 24.1. The second kappa shape index (κ2) is 9.43. The van der Waals surface area contributed by atoms with Crippen molar-refractivity contribution in [3.05, 3.63) is 147 Å². The maximum atomic E-state index is 5.24. The van der Waals surface area contributed by atoms with Gasteiger partial charge in [0.2, 0.25) is 5.95 Å². The average molecular weight is 539 g/mol. The Morgan fingerprint density at radius 3 is 1.88 bits per heavy atom. The molecule has 0 aliphatic rings. The summed E-state index contributed by atoms with van der Waals surface area (Å²) >= 11 is 0. The van der Waals surface area contributed by atoms with Crippen LogP contribution in [0.2, 0.25) is 0 Å². The molecule has 42 heavy (non-hydrogen) atoms. The first-order valence-electron chi connectivity index (χ1n) is 14.0. The number of hydrogen-bond donors (Lipinski definition) is 0. The highest BCUT2D eigenvalue weighted by Gasteiger charge is 2.23. The van der Waals surface area contributed by atoms with Crippen LogP contribution in [0.5, 0.6) is 0 Å². The van der Waals surface area contributed by atoms with E-state index in [-0.39, 0.29) is 0 Å². The highest BCUT2D eigenvalue weighted by atomic mass is 15.2. The Hall–Kier alpha value is -5.74. The van der Waals surface area contributed by atoms with E-state index in [0.717, 1.165) is 38.9 Å². The predicted molar refractivity (Wildman–Crippen MR) is 176 cm³/mol. The number of hydrogen-bond acceptors (Lipinski definition) is 2. The lowest BCUT2D eigenvalue weighted by Crippen LogP contribution is -2.03. The Bertz CT molecular complexity index is 2380. The Morgan fingerprint density at radius 1 is 0.500 bits per heavy atom. The minimum absolute atomic E-state index is 0.685. The molecule has 0 aliphatic carbocycles. The Kier molecular flexibility index (Phi) is 5.41. The van der Waals surface area contributed by atoms with Crippen LogP contribution in [0.15, 0.2) is 147 Å². The van der Waals surface area contributed by atoms with Crippen molar-refractivity contribution in [2.24, 2.45) is 0 Å². The van der Waals surface area contributed by atoms with Gasteiger partial charge in [0.25, 0.3) is 0 Å². The van der Waals surface area contributed by atoms with E-state index in [9.17, 15) is 0 Å². The predicted octanol–water partition coefficient (Wildman–Crippen LogP) is 9.73. The molecule has 9 aromatic rings. The van der Waals surface area contributed by atoms with Crippen molar-refractivity contribution in [1.29, 1.82) is 0 Å². The van der Waals surface area contributed by atoms with Crippen LogP contribution < -0.4 is 0 Å². The van der Waals surface area contributed by atoms with Crippen molar-refractivity contribution in [2.75, 3.05) is 0 Å². The molecule has 0 fully saturated rings. The monoisotopic (exact) mass is 538 g/mol. The fraction of sp³-hybridized carbons (Fsp3) is 0. The summed E-state index contributed by atoms with van der Waals surface area (Å²) in [4.78, 5) is 10.4. The second-order valence-electron chi connectivity index (χ2n) is 10.3. The molecule has 0 amide bonds. The fourth-order valence-electron chi connectivity index (χ4n) is 6.45. The van der Waals surface area contributed by atoms with Crippen molar-refractivity contribution in [3.63, 3.8) is 0 Å². The van der Waals surface area contributed by atoms with Gasteiger partial charge in [0.1, 0.15) is 0 Å². The molecule has 3 heterocycles. The zero-order valence-electron chi connectivity index (χ0n) is 22.9.